The highest BCUT2D eigenvalue weighted by Crippen LogP contribution is 2.07. The van der Waals surface area contributed by atoms with Gasteiger partial charge in [-0.25, -0.2) is 0 Å². The lowest BCUT2D eigenvalue weighted by atomic mass is 10.3. The Bertz CT molecular complexity index is 370. The smallest absolute Gasteiger partial charge is 0.256 e. The second-order valence-corrected chi connectivity index (χ2v) is 4.36. The number of nitrogens with zero attached hydrogens (tertiary/aromatic N) is 2. The summed E-state index contributed by atoms with van der Waals surface area (Å²) in [7, 11) is 0. The topological polar surface area (TPSA) is 87.0 Å². The van der Waals surface area contributed by atoms with Gasteiger partial charge in [-0.3, -0.25) is 9.89 Å². The molecule has 17 heavy (non-hydrogen) atoms. The van der Waals surface area contributed by atoms with E-state index in [2.05, 4.69) is 20.4 Å². The standard InChI is InChI=1S/C11H19N5O/c12-10-9(8-14-15-10)11(17)13-4-3-7-16-5-1-2-6-16/h8H,1-7H2,(H,13,17)(H3,12,14,15). The molecular formula is C11H19N5O. The van der Waals surface area contributed by atoms with Crippen LogP contribution >= 0.6 is 0 Å². The molecule has 0 saturated carbocycles. The van der Waals surface area contributed by atoms with Crippen molar-refractivity contribution >= 4 is 11.7 Å². The summed E-state index contributed by atoms with van der Waals surface area (Å²) < 4.78 is 0. The maximum absolute atomic E-state index is 11.7. The first-order valence-corrected chi connectivity index (χ1v) is 6.07. The fourth-order valence-corrected chi connectivity index (χ4v) is 2.08. The summed E-state index contributed by atoms with van der Waals surface area (Å²) in [5, 5.41) is 9.10. The number of nitrogen functional groups attached to an aromatic ring is 1. The number of hydrogen-bond acceptors (Lipinski definition) is 4. The number of aromatic nitrogens is 2. The van der Waals surface area contributed by atoms with Crippen molar-refractivity contribution in [1.29, 1.82) is 0 Å². The van der Waals surface area contributed by atoms with Crippen molar-refractivity contribution < 1.29 is 4.79 Å². The Morgan fingerprint density at radius 3 is 2.94 bits per heavy atom. The number of hydrogen-bond donors (Lipinski definition) is 3. The molecule has 0 aliphatic carbocycles. The van der Waals surface area contributed by atoms with Crippen molar-refractivity contribution in [3.63, 3.8) is 0 Å². The maximum Gasteiger partial charge on any atom is 0.256 e. The molecule has 6 heteroatoms. The number of rotatable bonds is 5. The summed E-state index contributed by atoms with van der Waals surface area (Å²) >= 11 is 0. The molecule has 2 heterocycles. The molecule has 1 aliphatic heterocycles. The number of anilines is 1. The minimum Gasteiger partial charge on any atom is -0.383 e. The molecule has 1 aliphatic rings. The van der Waals surface area contributed by atoms with Crippen LogP contribution in [0.2, 0.25) is 0 Å². The number of aromatic amines is 1. The summed E-state index contributed by atoms with van der Waals surface area (Å²) in [6.45, 7) is 4.13. The largest absolute Gasteiger partial charge is 0.383 e. The number of amides is 1. The Labute approximate surface area is 101 Å². The molecule has 2 rings (SSSR count). The van der Waals surface area contributed by atoms with E-state index in [1.807, 2.05) is 0 Å². The van der Waals surface area contributed by atoms with E-state index in [-0.39, 0.29) is 5.91 Å². The van der Waals surface area contributed by atoms with Gasteiger partial charge in [0.2, 0.25) is 0 Å². The molecule has 1 saturated heterocycles. The van der Waals surface area contributed by atoms with E-state index in [1.54, 1.807) is 0 Å². The van der Waals surface area contributed by atoms with Gasteiger partial charge in [-0.1, -0.05) is 0 Å². The van der Waals surface area contributed by atoms with Crippen molar-refractivity contribution in [1.82, 2.24) is 20.4 Å². The summed E-state index contributed by atoms with van der Waals surface area (Å²) in [6, 6.07) is 0. The lowest BCUT2D eigenvalue weighted by molar-refractivity contribution is 0.0953. The molecule has 94 valence electrons. The monoisotopic (exact) mass is 237 g/mol. The van der Waals surface area contributed by atoms with Gasteiger partial charge in [0.15, 0.2) is 0 Å². The zero-order valence-corrected chi connectivity index (χ0v) is 9.91. The van der Waals surface area contributed by atoms with E-state index in [9.17, 15) is 4.79 Å². The highest BCUT2D eigenvalue weighted by atomic mass is 16.1. The molecule has 0 unspecified atom stereocenters. The first-order valence-electron chi connectivity index (χ1n) is 6.07. The number of carbonyl (C=O) groups is 1. The molecule has 1 aromatic heterocycles. The van der Waals surface area contributed by atoms with Crippen LogP contribution in [0.25, 0.3) is 0 Å². The molecule has 6 nitrogen and oxygen atoms in total. The number of likely N-dealkylation sites (tertiary alicyclic amines) is 1. The molecule has 4 N–H and O–H groups in total. The normalized spacial score (nSPS) is 16.2. The first-order chi connectivity index (χ1) is 8.27. The predicted molar refractivity (Wildman–Crippen MR) is 65.6 cm³/mol. The van der Waals surface area contributed by atoms with Gasteiger partial charge in [0.1, 0.15) is 11.4 Å². The van der Waals surface area contributed by atoms with Gasteiger partial charge in [-0.05, 0) is 38.9 Å². The Hall–Kier alpha value is -1.56. The van der Waals surface area contributed by atoms with Crippen LogP contribution in [0.3, 0.4) is 0 Å². The van der Waals surface area contributed by atoms with E-state index in [0.29, 0.717) is 17.9 Å². The zero-order chi connectivity index (χ0) is 12.1. The van der Waals surface area contributed by atoms with Crippen LogP contribution in [0, 0.1) is 0 Å². The summed E-state index contributed by atoms with van der Waals surface area (Å²) in [5.41, 5.74) is 5.98. The van der Waals surface area contributed by atoms with E-state index < -0.39 is 0 Å². The lowest BCUT2D eigenvalue weighted by Gasteiger charge is -2.14. The van der Waals surface area contributed by atoms with Crippen LogP contribution in [0.15, 0.2) is 6.20 Å². The third-order valence-electron chi connectivity index (χ3n) is 3.05. The van der Waals surface area contributed by atoms with Crippen LogP contribution in [-0.2, 0) is 0 Å². The molecule has 0 aromatic carbocycles. The Morgan fingerprint density at radius 1 is 1.53 bits per heavy atom. The average molecular weight is 237 g/mol. The van der Waals surface area contributed by atoms with Crippen LogP contribution in [-0.4, -0.2) is 47.2 Å². The predicted octanol–water partition coefficient (Wildman–Crippen LogP) is 0.208. The Morgan fingerprint density at radius 2 is 2.29 bits per heavy atom. The fraction of sp³-hybridized carbons (Fsp3) is 0.636. The Balaban J connectivity index is 1.65. The van der Waals surface area contributed by atoms with Crippen LogP contribution < -0.4 is 11.1 Å². The minimum absolute atomic E-state index is 0.155. The van der Waals surface area contributed by atoms with Gasteiger partial charge >= 0.3 is 0 Å². The van der Waals surface area contributed by atoms with Crippen molar-refractivity contribution in [2.75, 3.05) is 31.9 Å². The van der Waals surface area contributed by atoms with Gasteiger partial charge in [0, 0.05) is 6.54 Å². The third kappa shape index (κ3) is 3.20. The van der Waals surface area contributed by atoms with E-state index in [4.69, 9.17) is 5.73 Å². The minimum atomic E-state index is -0.155. The summed E-state index contributed by atoms with van der Waals surface area (Å²) in [5.74, 6) is 0.166. The SMILES string of the molecule is Nc1[nH]ncc1C(=O)NCCCN1CCCC1. The fourth-order valence-electron chi connectivity index (χ4n) is 2.08. The molecule has 0 radical (unpaired) electrons. The number of H-pyrrole nitrogens is 1. The van der Waals surface area contributed by atoms with E-state index >= 15 is 0 Å². The van der Waals surface area contributed by atoms with Crippen molar-refractivity contribution in [2.24, 2.45) is 0 Å². The van der Waals surface area contributed by atoms with Gasteiger partial charge in [-0.2, -0.15) is 5.10 Å². The Kier molecular flexibility index (Phi) is 3.98. The third-order valence-corrected chi connectivity index (χ3v) is 3.05. The molecule has 1 fully saturated rings. The second-order valence-electron chi connectivity index (χ2n) is 4.36. The zero-order valence-electron chi connectivity index (χ0n) is 9.91. The molecule has 0 spiro atoms. The van der Waals surface area contributed by atoms with Gasteiger partial charge in [0.25, 0.3) is 5.91 Å². The first kappa shape index (κ1) is 11.9. The highest BCUT2D eigenvalue weighted by molar-refractivity contribution is 5.97. The molecule has 1 aromatic rings. The van der Waals surface area contributed by atoms with Crippen LogP contribution in [0.4, 0.5) is 5.82 Å². The van der Waals surface area contributed by atoms with E-state index in [0.717, 1.165) is 13.0 Å². The summed E-state index contributed by atoms with van der Waals surface area (Å²) in [6.07, 6.45) is 5.03. The van der Waals surface area contributed by atoms with Gasteiger partial charge in [-0.15, -0.1) is 0 Å². The van der Waals surface area contributed by atoms with Gasteiger partial charge in [0.05, 0.1) is 6.20 Å². The molecule has 0 bridgehead atoms. The number of nitrogens with two attached hydrogens (primary N) is 1. The van der Waals surface area contributed by atoms with Crippen molar-refractivity contribution in [3.05, 3.63) is 11.8 Å². The summed E-state index contributed by atoms with van der Waals surface area (Å²) in [4.78, 5) is 14.1. The molecule has 1 amide bonds. The van der Waals surface area contributed by atoms with Gasteiger partial charge < -0.3 is 16.0 Å². The number of carbonyl (C=O) groups excluding carboxylic acids is 1. The molecule has 0 atom stereocenters. The maximum atomic E-state index is 11.7. The quantitative estimate of drug-likeness (QED) is 0.639. The highest BCUT2D eigenvalue weighted by Gasteiger charge is 2.12. The van der Waals surface area contributed by atoms with E-state index in [1.165, 1.54) is 32.1 Å². The average Bonchev–Trinajstić information content (AvgIpc) is 2.95. The second kappa shape index (κ2) is 5.67. The van der Waals surface area contributed by atoms with Crippen LogP contribution in [0.1, 0.15) is 29.6 Å². The number of nitrogens with one attached hydrogen (secondary N) is 2. The van der Waals surface area contributed by atoms with Crippen molar-refractivity contribution in [2.45, 2.75) is 19.3 Å². The van der Waals surface area contributed by atoms with Crippen LogP contribution in [0.5, 0.6) is 0 Å². The molecular weight excluding hydrogens is 218 g/mol. The lowest BCUT2D eigenvalue weighted by Crippen LogP contribution is -2.28. The van der Waals surface area contributed by atoms with Crippen molar-refractivity contribution in [3.8, 4) is 0 Å².